The van der Waals surface area contributed by atoms with E-state index in [9.17, 15) is 0 Å². The Morgan fingerprint density at radius 2 is 0.593 bits per heavy atom. The Kier molecular flexibility index (Phi) is 11.0. The molecule has 86 heavy (non-hydrogen) atoms. The van der Waals surface area contributed by atoms with Crippen LogP contribution in [0.3, 0.4) is 0 Å². The summed E-state index contributed by atoms with van der Waals surface area (Å²) < 4.78 is 4.80. The van der Waals surface area contributed by atoms with Crippen LogP contribution in [0.25, 0.3) is 145 Å². The van der Waals surface area contributed by atoms with Crippen molar-refractivity contribution < 1.29 is 0 Å². The number of aromatic nitrogens is 2. The Morgan fingerprint density at radius 3 is 1.03 bits per heavy atom. The van der Waals surface area contributed by atoms with Gasteiger partial charge in [-0.1, -0.05) is 234 Å². The lowest BCUT2D eigenvalue weighted by Gasteiger charge is -2.24. The van der Waals surface area contributed by atoms with Gasteiger partial charge in [0, 0.05) is 43.7 Å². The number of rotatable bonds is 8. The Bertz CT molecular complexity index is 5040. The maximum absolute atomic E-state index is 2.53. The quantitative estimate of drug-likeness (QED) is 0.134. The maximum atomic E-state index is 2.53. The molecular weight excluding hydrogens is 1040 g/mol. The van der Waals surface area contributed by atoms with Crippen molar-refractivity contribution in [3.63, 3.8) is 0 Å². The molecule has 0 aliphatic heterocycles. The molecule has 17 rings (SSSR count). The molecule has 15 aromatic rings. The highest BCUT2D eigenvalue weighted by atomic mass is 15.0. The van der Waals surface area contributed by atoms with Crippen LogP contribution in [-0.2, 0) is 10.8 Å². The monoisotopic (exact) mass is 1100 g/mol. The molecule has 2 heterocycles. The highest BCUT2D eigenvalue weighted by molar-refractivity contribution is 6.11. The minimum atomic E-state index is -0.157. The van der Waals surface area contributed by atoms with E-state index in [0.717, 1.165) is 0 Å². The van der Waals surface area contributed by atoms with Gasteiger partial charge in [-0.15, -0.1) is 0 Å². The molecule has 0 saturated heterocycles. The predicted molar refractivity (Wildman–Crippen MR) is 367 cm³/mol. The summed E-state index contributed by atoms with van der Waals surface area (Å²) in [4.78, 5) is 0. The first-order valence-corrected chi connectivity index (χ1v) is 30.2. The molecule has 2 nitrogen and oxygen atoms in total. The molecule has 0 bridgehead atoms. The first-order chi connectivity index (χ1) is 42.1. The highest BCUT2D eigenvalue weighted by Gasteiger charge is 2.42. The minimum Gasteiger partial charge on any atom is -0.309 e. The third-order valence-electron chi connectivity index (χ3n) is 19.3. The van der Waals surface area contributed by atoms with E-state index in [1.54, 1.807) is 0 Å². The molecule has 406 valence electrons. The van der Waals surface area contributed by atoms with Gasteiger partial charge in [0.2, 0.25) is 0 Å². The van der Waals surface area contributed by atoms with Crippen molar-refractivity contribution in [2.45, 2.75) is 38.5 Å². The topological polar surface area (TPSA) is 9.86 Å². The zero-order chi connectivity index (χ0) is 57.4. The average Bonchev–Trinajstić information content (AvgIpc) is 2.11. The molecule has 0 N–H and O–H groups in total. The van der Waals surface area contributed by atoms with Crippen LogP contribution in [0.1, 0.15) is 72.2 Å². The Hall–Kier alpha value is -10.5. The second-order valence-corrected chi connectivity index (χ2v) is 24.9. The summed E-state index contributed by atoms with van der Waals surface area (Å²) in [6, 6.07) is 99.5. The highest BCUT2D eigenvalue weighted by Crippen LogP contribution is 2.57. The summed E-state index contributed by atoms with van der Waals surface area (Å²) in [6.45, 7) is 9.65. The van der Waals surface area contributed by atoms with Crippen LogP contribution in [-0.4, -0.2) is 9.13 Å². The summed E-state index contributed by atoms with van der Waals surface area (Å²) in [5, 5.41) is 10.0. The fourth-order valence-electron chi connectivity index (χ4n) is 14.7. The van der Waals surface area contributed by atoms with Crippen LogP contribution in [0.4, 0.5) is 0 Å². The van der Waals surface area contributed by atoms with Gasteiger partial charge >= 0.3 is 0 Å². The number of fused-ring (bicyclic) bond motifs is 14. The molecule has 2 aliphatic rings. The van der Waals surface area contributed by atoms with Crippen molar-refractivity contribution in [3.8, 4) is 55.9 Å². The summed E-state index contributed by atoms with van der Waals surface area (Å²) in [7, 11) is 0. The summed E-state index contributed by atoms with van der Waals surface area (Å²) in [6.07, 6.45) is 8.97. The lowest BCUT2D eigenvalue weighted by Crippen LogP contribution is -2.17. The third kappa shape index (κ3) is 7.86. The van der Waals surface area contributed by atoms with E-state index in [4.69, 9.17) is 0 Å². The fraction of sp³-hybridized carbons (Fsp3) is 0.0714. The Labute approximate surface area is 501 Å². The van der Waals surface area contributed by atoms with Crippen LogP contribution in [0.5, 0.6) is 0 Å². The van der Waals surface area contributed by atoms with E-state index in [2.05, 4.69) is 328 Å². The minimum absolute atomic E-state index is 0.157. The van der Waals surface area contributed by atoms with Crippen LogP contribution < -0.4 is 0 Å². The number of para-hydroxylation sites is 2. The van der Waals surface area contributed by atoms with Crippen molar-refractivity contribution in [1.82, 2.24) is 9.13 Å². The molecule has 0 radical (unpaired) electrons. The van der Waals surface area contributed by atoms with Gasteiger partial charge in [0.1, 0.15) is 0 Å². The van der Waals surface area contributed by atoms with Gasteiger partial charge in [-0.05, 0) is 195 Å². The van der Waals surface area contributed by atoms with Crippen molar-refractivity contribution in [3.05, 3.63) is 311 Å². The lowest BCUT2D eigenvalue weighted by molar-refractivity contribution is 0.652. The number of benzene rings is 13. The van der Waals surface area contributed by atoms with Crippen molar-refractivity contribution in [2.75, 3.05) is 0 Å². The zero-order valence-corrected chi connectivity index (χ0v) is 48.6. The van der Waals surface area contributed by atoms with Gasteiger partial charge in [0.15, 0.2) is 0 Å². The second-order valence-electron chi connectivity index (χ2n) is 24.9. The predicted octanol–water partition coefficient (Wildman–Crippen LogP) is 22.5. The van der Waals surface area contributed by atoms with Crippen molar-refractivity contribution in [2.24, 2.45) is 0 Å². The molecule has 2 aliphatic carbocycles. The summed E-state index contributed by atoms with van der Waals surface area (Å²) >= 11 is 0. The SMILES string of the molecule is CC1(C)c2cc(-c3ccc(C=Cc4ccc5c(c4)c4ccccc4n5-c4ccc5ccccc5c4)cc3)ccc2-c2cc3c(cc21)-c1ccc(-c2ccc(C=Cc4ccc5c(c4)c4ccccc4n5-c4ccc5ccccc5c4)cc2)cc1C3(C)C. The van der Waals surface area contributed by atoms with E-state index in [0.29, 0.717) is 0 Å². The standard InChI is InChI=1S/C84H60N2/c1-83(2)75-49-63(59-31-25-53(26-32-59)21-23-55-29-43-81-73(45-55)69-17-9-11-19-79(69)85(81)65-39-35-57-13-5-7-15-61(57)47-65)37-41-67(75)71-52-78-72(51-77(71)83)68-42-38-64(50-76(68)84(78,3)4)60-33-27-54(28-34-60)22-24-56-30-44-82-74(46-56)70-18-10-12-20-80(70)86(82)66-40-36-58-14-6-8-16-62(58)48-66/h5-52H,1-4H3. The molecule has 0 unspecified atom stereocenters. The number of hydrogen-bond donors (Lipinski definition) is 0. The molecule has 13 aromatic carbocycles. The van der Waals surface area contributed by atoms with Gasteiger partial charge in [-0.25, -0.2) is 0 Å². The van der Waals surface area contributed by atoms with Gasteiger partial charge in [0.25, 0.3) is 0 Å². The Morgan fingerprint density at radius 1 is 0.244 bits per heavy atom. The fourth-order valence-corrected chi connectivity index (χ4v) is 14.7. The number of hydrogen-bond acceptors (Lipinski definition) is 0. The zero-order valence-electron chi connectivity index (χ0n) is 48.6. The van der Waals surface area contributed by atoms with E-state index in [-0.39, 0.29) is 10.8 Å². The van der Waals surface area contributed by atoms with Crippen LogP contribution >= 0.6 is 0 Å². The third-order valence-corrected chi connectivity index (χ3v) is 19.3. The largest absolute Gasteiger partial charge is 0.309 e. The summed E-state index contributed by atoms with van der Waals surface area (Å²) in [5.41, 5.74) is 27.6. The lowest BCUT2D eigenvalue weighted by atomic mass is 9.79. The van der Waals surface area contributed by atoms with Crippen LogP contribution in [0, 0.1) is 0 Å². The van der Waals surface area contributed by atoms with Gasteiger partial charge < -0.3 is 9.13 Å². The van der Waals surface area contributed by atoms with E-state index in [1.807, 2.05) is 0 Å². The molecule has 2 aromatic heterocycles. The van der Waals surface area contributed by atoms with Gasteiger partial charge in [-0.2, -0.15) is 0 Å². The normalized spacial score (nSPS) is 13.9. The molecule has 0 fully saturated rings. The molecule has 0 spiro atoms. The second kappa shape index (κ2) is 19.0. The number of nitrogens with zero attached hydrogens (tertiary/aromatic N) is 2. The van der Waals surface area contributed by atoms with E-state index < -0.39 is 0 Å². The first-order valence-electron chi connectivity index (χ1n) is 30.2. The Balaban J connectivity index is 0.604. The average molecular weight is 1100 g/mol. The first kappa shape index (κ1) is 50.0. The molecular formula is C84H60N2. The van der Waals surface area contributed by atoms with Crippen molar-refractivity contribution in [1.29, 1.82) is 0 Å². The molecule has 0 amide bonds. The van der Waals surface area contributed by atoms with Gasteiger partial charge in [-0.3, -0.25) is 0 Å². The maximum Gasteiger partial charge on any atom is 0.0541 e. The van der Waals surface area contributed by atoms with Gasteiger partial charge in [0.05, 0.1) is 22.1 Å². The smallest absolute Gasteiger partial charge is 0.0541 e. The van der Waals surface area contributed by atoms with Crippen LogP contribution in [0.15, 0.2) is 267 Å². The molecule has 2 heteroatoms. The van der Waals surface area contributed by atoms with Crippen LogP contribution in [0.2, 0.25) is 0 Å². The summed E-state index contributed by atoms with van der Waals surface area (Å²) in [5.74, 6) is 0. The molecule has 0 atom stereocenters. The molecule has 0 saturated carbocycles. The van der Waals surface area contributed by atoms with E-state index in [1.165, 1.54) is 166 Å². The van der Waals surface area contributed by atoms with Crippen molar-refractivity contribution >= 4 is 89.5 Å². The van der Waals surface area contributed by atoms with E-state index >= 15 is 0 Å².